The first-order valence-corrected chi connectivity index (χ1v) is 2.09. The first kappa shape index (κ1) is 5.95. The summed E-state index contributed by atoms with van der Waals surface area (Å²) < 4.78 is 0. The fourth-order valence-electron chi connectivity index (χ4n) is 0.0745. The summed E-state index contributed by atoms with van der Waals surface area (Å²) in [5.41, 5.74) is 0. The van der Waals surface area contributed by atoms with Crippen molar-refractivity contribution in [2.75, 3.05) is 0 Å². The molecule has 24 valence electrons. The molecule has 0 aliphatic heterocycles. The van der Waals surface area contributed by atoms with E-state index < -0.39 is 0 Å². The van der Waals surface area contributed by atoms with Crippen molar-refractivity contribution in [1.82, 2.24) is 0 Å². The Hall–Kier alpha value is 0.947. The van der Waals surface area contributed by atoms with Crippen LogP contribution in [-0.4, -0.2) is 5.25 Å². The normalized spacial score (nSPS) is 21.0. The van der Waals surface area contributed by atoms with Crippen LogP contribution in [0, 0.1) is 0 Å². The number of thiol groups is 1. The third-order valence-electron chi connectivity index (χ3n) is 0.547. The summed E-state index contributed by atoms with van der Waals surface area (Å²) in [6.07, 6.45) is 2.70. The van der Waals surface area contributed by atoms with Crippen LogP contribution in [0.4, 0.5) is 0 Å². The SMILES string of the molecule is SC1CC1.[Li+]. The minimum absolute atomic E-state index is 0. The second kappa shape index (κ2) is 2.18. The molecule has 0 aromatic heterocycles. The van der Waals surface area contributed by atoms with E-state index in [0.717, 1.165) is 5.25 Å². The van der Waals surface area contributed by atoms with E-state index in [4.69, 9.17) is 0 Å². The molecule has 1 aliphatic rings. The second-order valence-corrected chi connectivity index (χ2v) is 1.96. The van der Waals surface area contributed by atoms with Gasteiger partial charge >= 0.3 is 18.9 Å². The molecule has 5 heavy (non-hydrogen) atoms. The van der Waals surface area contributed by atoms with E-state index in [1.54, 1.807) is 0 Å². The molecule has 0 heterocycles. The molecular formula is C3H6LiS+. The Morgan fingerprint density at radius 2 is 1.60 bits per heavy atom. The van der Waals surface area contributed by atoms with Crippen LogP contribution >= 0.6 is 12.6 Å². The zero-order valence-electron chi connectivity index (χ0n) is 3.44. The van der Waals surface area contributed by atoms with Crippen LogP contribution in [0.3, 0.4) is 0 Å². The Morgan fingerprint density at radius 3 is 1.60 bits per heavy atom. The molecule has 1 rings (SSSR count). The van der Waals surface area contributed by atoms with Crippen molar-refractivity contribution in [3.8, 4) is 0 Å². The molecule has 0 aromatic rings. The summed E-state index contributed by atoms with van der Waals surface area (Å²) in [7, 11) is 0. The predicted octanol–water partition coefficient (Wildman–Crippen LogP) is -1.92. The van der Waals surface area contributed by atoms with Gasteiger partial charge in [-0.25, -0.2) is 0 Å². The van der Waals surface area contributed by atoms with Crippen molar-refractivity contribution in [3.63, 3.8) is 0 Å². The van der Waals surface area contributed by atoms with Gasteiger partial charge in [0.25, 0.3) is 0 Å². The van der Waals surface area contributed by atoms with Gasteiger partial charge in [-0.15, -0.1) is 0 Å². The van der Waals surface area contributed by atoms with Crippen molar-refractivity contribution in [1.29, 1.82) is 0 Å². The molecule has 0 bridgehead atoms. The fourth-order valence-corrected chi connectivity index (χ4v) is 0.224. The fraction of sp³-hybridized carbons (Fsp3) is 1.00. The summed E-state index contributed by atoms with van der Waals surface area (Å²) in [4.78, 5) is 0. The first-order chi connectivity index (χ1) is 1.89. The standard InChI is InChI=1S/C3H6S.Li/c4-3-1-2-3;/h3-4H,1-2H2;/q;+1. The van der Waals surface area contributed by atoms with Gasteiger partial charge in [0.2, 0.25) is 0 Å². The average molecular weight is 81.1 g/mol. The van der Waals surface area contributed by atoms with Crippen LogP contribution in [0.5, 0.6) is 0 Å². The van der Waals surface area contributed by atoms with E-state index in [2.05, 4.69) is 12.6 Å². The zero-order chi connectivity index (χ0) is 2.99. The van der Waals surface area contributed by atoms with Gasteiger partial charge in [-0.05, 0) is 12.8 Å². The van der Waals surface area contributed by atoms with Gasteiger partial charge in [0.05, 0.1) is 0 Å². The van der Waals surface area contributed by atoms with Gasteiger partial charge in [0, 0.05) is 5.25 Å². The van der Waals surface area contributed by atoms with E-state index in [-0.39, 0.29) is 18.9 Å². The van der Waals surface area contributed by atoms with Crippen molar-refractivity contribution in [2.24, 2.45) is 0 Å². The zero-order valence-corrected chi connectivity index (χ0v) is 4.33. The van der Waals surface area contributed by atoms with Crippen molar-refractivity contribution < 1.29 is 18.9 Å². The monoisotopic (exact) mass is 81.0 g/mol. The van der Waals surface area contributed by atoms with Gasteiger partial charge in [-0.2, -0.15) is 12.6 Å². The summed E-state index contributed by atoms with van der Waals surface area (Å²) in [5.74, 6) is 0. The van der Waals surface area contributed by atoms with Crippen LogP contribution in [0.25, 0.3) is 0 Å². The van der Waals surface area contributed by atoms with Crippen molar-refractivity contribution in [2.45, 2.75) is 18.1 Å². The van der Waals surface area contributed by atoms with Gasteiger partial charge in [0.1, 0.15) is 0 Å². The molecule has 0 N–H and O–H groups in total. The average Bonchev–Trinajstić information content (AvgIpc) is 1.75. The number of rotatable bonds is 0. The molecule has 1 fully saturated rings. The summed E-state index contributed by atoms with van der Waals surface area (Å²) in [5, 5.41) is 0.778. The summed E-state index contributed by atoms with van der Waals surface area (Å²) >= 11 is 4.08. The Labute approximate surface area is 49.9 Å². The molecule has 1 aliphatic carbocycles. The molecule has 0 nitrogen and oxygen atoms in total. The smallest absolute Gasteiger partial charge is 0.176 e. The molecule has 2 heteroatoms. The molecular weight excluding hydrogens is 75.0 g/mol. The van der Waals surface area contributed by atoms with E-state index in [1.807, 2.05) is 0 Å². The summed E-state index contributed by atoms with van der Waals surface area (Å²) in [6.45, 7) is 0. The molecule has 0 spiro atoms. The molecule has 0 radical (unpaired) electrons. The van der Waals surface area contributed by atoms with Gasteiger partial charge in [-0.3, -0.25) is 0 Å². The Bertz CT molecular complexity index is 26.1. The maximum Gasteiger partial charge on any atom is 1.00 e. The minimum Gasteiger partial charge on any atom is -0.176 e. The molecule has 0 amide bonds. The van der Waals surface area contributed by atoms with E-state index in [9.17, 15) is 0 Å². The Balaban J connectivity index is 0.000000160. The van der Waals surface area contributed by atoms with Crippen molar-refractivity contribution >= 4 is 12.6 Å². The minimum atomic E-state index is 0. The molecule has 0 aromatic carbocycles. The first-order valence-electron chi connectivity index (χ1n) is 1.57. The van der Waals surface area contributed by atoms with E-state index in [0.29, 0.717) is 0 Å². The maximum absolute atomic E-state index is 4.08. The number of hydrogen-bond acceptors (Lipinski definition) is 1. The molecule has 0 unspecified atom stereocenters. The van der Waals surface area contributed by atoms with Crippen LogP contribution in [0.1, 0.15) is 12.8 Å². The maximum atomic E-state index is 4.08. The van der Waals surface area contributed by atoms with E-state index in [1.165, 1.54) is 12.8 Å². The predicted molar refractivity (Wildman–Crippen MR) is 22.0 cm³/mol. The largest absolute Gasteiger partial charge is 1.00 e. The van der Waals surface area contributed by atoms with Crippen LogP contribution in [0.2, 0.25) is 0 Å². The third-order valence-corrected chi connectivity index (χ3v) is 1.06. The van der Waals surface area contributed by atoms with Crippen LogP contribution in [-0.2, 0) is 0 Å². The van der Waals surface area contributed by atoms with Gasteiger partial charge in [0.15, 0.2) is 0 Å². The Morgan fingerprint density at radius 1 is 1.40 bits per heavy atom. The third kappa shape index (κ3) is 2.76. The van der Waals surface area contributed by atoms with E-state index >= 15 is 0 Å². The Kier molecular flexibility index (Phi) is 2.59. The molecule has 0 atom stereocenters. The molecule has 0 saturated heterocycles. The van der Waals surface area contributed by atoms with Gasteiger partial charge < -0.3 is 0 Å². The van der Waals surface area contributed by atoms with Crippen molar-refractivity contribution in [3.05, 3.63) is 0 Å². The topological polar surface area (TPSA) is 0 Å². The van der Waals surface area contributed by atoms with Gasteiger partial charge in [-0.1, -0.05) is 0 Å². The summed E-state index contributed by atoms with van der Waals surface area (Å²) in [6, 6.07) is 0. The second-order valence-electron chi connectivity index (χ2n) is 1.23. The van der Waals surface area contributed by atoms with Crippen LogP contribution in [0.15, 0.2) is 0 Å². The van der Waals surface area contributed by atoms with Crippen LogP contribution < -0.4 is 18.9 Å². The quantitative estimate of drug-likeness (QED) is 0.255. The number of hydrogen-bond donors (Lipinski definition) is 1. The molecule has 1 saturated carbocycles.